The van der Waals surface area contributed by atoms with Gasteiger partial charge >= 0.3 is 6.03 Å². The Kier molecular flexibility index (Phi) is 8.11. The van der Waals surface area contributed by atoms with Crippen LogP contribution < -0.4 is 10.6 Å². The number of carbonyl (C=O) groups is 2. The molecule has 0 bridgehead atoms. The van der Waals surface area contributed by atoms with Crippen LogP contribution in [0, 0.1) is 5.92 Å². The third-order valence-corrected chi connectivity index (χ3v) is 3.22. The van der Waals surface area contributed by atoms with Crippen LogP contribution in [0.4, 0.5) is 10.5 Å². The molecule has 0 spiro atoms. The molecule has 1 rings (SSSR count). The Labute approximate surface area is 137 Å². The zero-order valence-electron chi connectivity index (χ0n) is 14.1. The third-order valence-electron chi connectivity index (χ3n) is 3.22. The Balaban J connectivity index is 2.62. The first-order chi connectivity index (χ1) is 11.0. The van der Waals surface area contributed by atoms with Gasteiger partial charge in [-0.05, 0) is 36.6 Å². The first-order valence-corrected chi connectivity index (χ1v) is 8.03. The van der Waals surface area contributed by atoms with Crippen molar-refractivity contribution < 1.29 is 14.7 Å². The second-order valence-corrected chi connectivity index (χ2v) is 5.82. The number of urea groups is 1. The second kappa shape index (κ2) is 9.84. The van der Waals surface area contributed by atoms with E-state index in [1.807, 2.05) is 20.8 Å². The molecule has 0 fully saturated rings. The van der Waals surface area contributed by atoms with Crippen LogP contribution in [0.25, 0.3) is 0 Å². The highest BCUT2D eigenvalue weighted by atomic mass is 16.3. The van der Waals surface area contributed by atoms with Gasteiger partial charge in [0.05, 0.1) is 6.61 Å². The summed E-state index contributed by atoms with van der Waals surface area (Å²) < 4.78 is 0. The normalized spacial score (nSPS) is 10.5. The van der Waals surface area contributed by atoms with E-state index >= 15 is 0 Å². The minimum absolute atomic E-state index is 0.0671. The molecule has 0 aliphatic heterocycles. The largest absolute Gasteiger partial charge is 0.395 e. The lowest BCUT2D eigenvalue weighted by Crippen LogP contribution is -2.37. The van der Waals surface area contributed by atoms with Gasteiger partial charge in [0.1, 0.15) is 0 Å². The molecule has 0 radical (unpaired) electrons. The quantitative estimate of drug-likeness (QED) is 0.687. The lowest BCUT2D eigenvalue weighted by molar-refractivity contribution is 0.0949. The van der Waals surface area contributed by atoms with Crippen LogP contribution in [0.2, 0.25) is 0 Å². The summed E-state index contributed by atoms with van der Waals surface area (Å²) in [7, 11) is 0. The molecule has 0 aliphatic carbocycles. The topological polar surface area (TPSA) is 81.7 Å². The van der Waals surface area contributed by atoms with Crippen molar-refractivity contribution in [1.29, 1.82) is 0 Å². The lowest BCUT2D eigenvalue weighted by Gasteiger charge is -2.21. The summed E-state index contributed by atoms with van der Waals surface area (Å²) >= 11 is 0. The van der Waals surface area contributed by atoms with Gasteiger partial charge in [0.15, 0.2) is 0 Å². The van der Waals surface area contributed by atoms with E-state index in [0.717, 1.165) is 6.42 Å². The maximum Gasteiger partial charge on any atom is 0.321 e. The van der Waals surface area contributed by atoms with E-state index in [4.69, 9.17) is 5.11 Å². The highest BCUT2D eigenvalue weighted by molar-refractivity contribution is 5.95. The SMILES string of the molecule is CCCN(CCO)C(=O)Nc1ccc(C(=O)NCC(C)C)cc1. The smallest absolute Gasteiger partial charge is 0.321 e. The van der Waals surface area contributed by atoms with Crippen molar-refractivity contribution in [3.05, 3.63) is 29.8 Å². The maximum absolute atomic E-state index is 12.1. The predicted molar refractivity (Wildman–Crippen MR) is 91.6 cm³/mol. The van der Waals surface area contributed by atoms with Crippen LogP contribution in [-0.2, 0) is 0 Å². The van der Waals surface area contributed by atoms with Crippen molar-refractivity contribution in [3.63, 3.8) is 0 Å². The molecule has 0 unspecified atom stereocenters. The van der Waals surface area contributed by atoms with Crippen LogP contribution in [0.15, 0.2) is 24.3 Å². The Morgan fingerprint density at radius 1 is 1.17 bits per heavy atom. The van der Waals surface area contributed by atoms with Crippen LogP contribution in [-0.4, -0.2) is 48.2 Å². The van der Waals surface area contributed by atoms with Gasteiger partial charge in [-0.15, -0.1) is 0 Å². The predicted octanol–water partition coefficient (Wildman–Crippen LogP) is 2.31. The molecule has 0 saturated carbocycles. The van der Waals surface area contributed by atoms with Gasteiger partial charge in [0, 0.05) is 30.9 Å². The lowest BCUT2D eigenvalue weighted by atomic mass is 10.1. The van der Waals surface area contributed by atoms with Gasteiger partial charge in [-0.25, -0.2) is 4.79 Å². The number of benzene rings is 1. The van der Waals surface area contributed by atoms with Crippen LogP contribution in [0.3, 0.4) is 0 Å². The molecular formula is C17H27N3O3. The van der Waals surface area contributed by atoms with Gasteiger partial charge in [0.25, 0.3) is 5.91 Å². The summed E-state index contributed by atoms with van der Waals surface area (Å²) in [6, 6.07) is 6.51. The molecule has 0 saturated heterocycles. The Hall–Kier alpha value is -2.08. The van der Waals surface area contributed by atoms with Crippen LogP contribution in [0.5, 0.6) is 0 Å². The zero-order chi connectivity index (χ0) is 17.2. The number of hydrogen-bond acceptors (Lipinski definition) is 3. The number of carbonyl (C=O) groups excluding carboxylic acids is 2. The molecule has 1 aromatic rings. The summed E-state index contributed by atoms with van der Waals surface area (Å²) in [5.74, 6) is 0.276. The number of amides is 3. The molecule has 23 heavy (non-hydrogen) atoms. The summed E-state index contributed by atoms with van der Waals surface area (Å²) in [5.41, 5.74) is 1.18. The van der Waals surface area contributed by atoms with Crippen LogP contribution in [0.1, 0.15) is 37.6 Å². The van der Waals surface area contributed by atoms with Crippen molar-refractivity contribution in [2.45, 2.75) is 27.2 Å². The highest BCUT2D eigenvalue weighted by Gasteiger charge is 2.12. The number of hydrogen-bond donors (Lipinski definition) is 3. The molecule has 3 N–H and O–H groups in total. The van der Waals surface area contributed by atoms with E-state index in [-0.39, 0.29) is 18.5 Å². The molecule has 0 atom stereocenters. The third kappa shape index (κ3) is 6.69. The average molecular weight is 321 g/mol. The standard InChI is InChI=1S/C17H27N3O3/c1-4-9-20(10-11-21)17(23)19-15-7-5-14(6-8-15)16(22)18-12-13(2)3/h5-8,13,21H,4,9-12H2,1-3H3,(H,18,22)(H,19,23). The first kappa shape index (κ1) is 19.0. The van der Waals surface area contributed by atoms with E-state index in [0.29, 0.717) is 36.8 Å². The fourth-order valence-electron chi connectivity index (χ4n) is 2.01. The molecule has 6 nitrogen and oxygen atoms in total. The minimum atomic E-state index is -0.252. The number of rotatable bonds is 8. The molecule has 6 heteroatoms. The van der Waals surface area contributed by atoms with Gasteiger partial charge in [-0.1, -0.05) is 20.8 Å². The van der Waals surface area contributed by atoms with E-state index in [2.05, 4.69) is 10.6 Å². The number of nitrogens with one attached hydrogen (secondary N) is 2. The first-order valence-electron chi connectivity index (χ1n) is 8.03. The minimum Gasteiger partial charge on any atom is -0.395 e. The molecule has 0 aliphatic rings. The summed E-state index contributed by atoms with van der Waals surface area (Å²) in [5, 5.41) is 14.6. The van der Waals surface area contributed by atoms with E-state index < -0.39 is 0 Å². The maximum atomic E-state index is 12.1. The van der Waals surface area contributed by atoms with Crippen molar-refractivity contribution in [1.82, 2.24) is 10.2 Å². The number of aliphatic hydroxyl groups is 1. The van der Waals surface area contributed by atoms with Crippen LogP contribution >= 0.6 is 0 Å². The zero-order valence-corrected chi connectivity index (χ0v) is 14.1. The summed E-state index contributed by atoms with van der Waals surface area (Å²) in [4.78, 5) is 25.6. The number of aliphatic hydroxyl groups excluding tert-OH is 1. The molecule has 3 amide bonds. The van der Waals surface area contributed by atoms with Crippen molar-refractivity contribution in [2.75, 3.05) is 31.6 Å². The monoisotopic (exact) mass is 321 g/mol. The van der Waals surface area contributed by atoms with Gasteiger partial charge < -0.3 is 20.6 Å². The number of nitrogens with zero attached hydrogens (tertiary/aromatic N) is 1. The summed E-state index contributed by atoms with van der Waals surface area (Å²) in [6.45, 7) is 7.49. The van der Waals surface area contributed by atoms with E-state index in [1.54, 1.807) is 29.2 Å². The highest BCUT2D eigenvalue weighted by Crippen LogP contribution is 2.11. The molecule has 128 valence electrons. The molecule has 1 aromatic carbocycles. The van der Waals surface area contributed by atoms with Crippen molar-refractivity contribution >= 4 is 17.6 Å². The Bertz CT molecular complexity index is 494. The second-order valence-electron chi connectivity index (χ2n) is 5.82. The number of anilines is 1. The van der Waals surface area contributed by atoms with Gasteiger partial charge in [-0.2, -0.15) is 0 Å². The fraction of sp³-hybridized carbons (Fsp3) is 0.529. The summed E-state index contributed by atoms with van der Waals surface area (Å²) in [6.07, 6.45) is 0.822. The average Bonchev–Trinajstić information content (AvgIpc) is 2.53. The molecule has 0 heterocycles. The molecule has 0 aromatic heterocycles. The Morgan fingerprint density at radius 3 is 2.35 bits per heavy atom. The van der Waals surface area contributed by atoms with E-state index in [1.165, 1.54) is 0 Å². The van der Waals surface area contributed by atoms with E-state index in [9.17, 15) is 9.59 Å². The van der Waals surface area contributed by atoms with Gasteiger partial charge in [-0.3, -0.25) is 4.79 Å². The fourth-order valence-corrected chi connectivity index (χ4v) is 2.01. The molecular weight excluding hydrogens is 294 g/mol. The van der Waals surface area contributed by atoms with Crippen molar-refractivity contribution in [2.24, 2.45) is 5.92 Å². The Morgan fingerprint density at radius 2 is 1.83 bits per heavy atom. The van der Waals surface area contributed by atoms with Crippen molar-refractivity contribution in [3.8, 4) is 0 Å². The van der Waals surface area contributed by atoms with Gasteiger partial charge in [0.2, 0.25) is 0 Å².